The Labute approximate surface area is 113 Å². The Hall–Kier alpha value is -2.84. The van der Waals surface area contributed by atoms with Crippen molar-refractivity contribution in [2.45, 2.75) is 20.3 Å². The van der Waals surface area contributed by atoms with Gasteiger partial charge in [0.1, 0.15) is 12.4 Å². The largest absolute Gasteiger partial charge is 0.481 e. The lowest BCUT2D eigenvalue weighted by atomic mass is 10.1. The van der Waals surface area contributed by atoms with Gasteiger partial charge in [0.05, 0.1) is 17.0 Å². The van der Waals surface area contributed by atoms with Crippen molar-refractivity contribution in [3.63, 3.8) is 0 Å². The van der Waals surface area contributed by atoms with Crippen molar-refractivity contribution in [2.24, 2.45) is 0 Å². The van der Waals surface area contributed by atoms with Crippen molar-refractivity contribution in [3.8, 4) is 5.95 Å². The molecule has 0 radical (unpaired) electrons. The Kier molecular flexibility index (Phi) is 3.42. The second kappa shape index (κ2) is 5.03. The number of hydrogen-bond acceptors (Lipinski definition) is 6. The minimum atomic E-state index is -0.958. The Morgan fingerprint density at radius 2 is 2.00 bits per heavy atom. The average molecular weight is 277 g/mol. The fourth-order valence-corrected chi connectivity index (χ4v) is 1.79. The topological polar surface area (TPSA) is 124 Å². The third kappa shape index (κ3) is 2.46. The van der Waals surface area contributed by atoms with E-state index in [2.05, 4.69) is 15.1 Å². The normalized spacial score (nSPS) is 10.5. The van der Waals surface area contributed by atoms with Crippen LogP contribution in [0.2, 0.25) is 0 Å². The van der Waals surface area contributed by atoms with E-state index < -0.39 is 10.9 Å². The summed E-state index contributed by atoms with van der Waals surface area (Å²) in [5, 5.41) is 23.5. The molecule has 1 N–H and O–H groups in total. The van der Waals surface area contributed by atoms with E-state index in [1.165, 1.54) is 4.68 Å². The molecule has 0 saturated carbocycles. The highest BCUT2D eigenvalue weighted by Crippen LogP contribution is 2.17. The zero-order valence-electron chi connectivity index (χ0n) is 10.8. The van der Waals surface area contributed by atoms with Crippen LogP contribution in [0.15, 0.2) is 12.4 Å². The summed E-state index contributed by atoms with van der Waals surface area (Å²) >= 11 is 0. The van der Waals surface area contributed by atoms with E-state index in [0.717, 1.165) is 12.4 Å². The highest BCUT2D eigenvalue weighted by Gasteiger charge is 2.17. The van der Waals surface area contributed by atoms with Gasteiger partial charge in [-0.05, 0) is 13.8 Å². The van der Waals surface area contributed by atoms with Gasteiger partial charge in [-0.1, -0.05) is 0 Å². The summed E-state index contributed by atoms with van der Waals surface area (Å²) in [7, 11) is 0. The minimum Gasteiger partial charge on any atom is -0.481 e. The third-order valence-corrected chi connectivity index (χ3v) is 2.79. The molecule has 9 nitrogen and oxygen atoms in total. The van der Waals surface area contributed by atoms with Crippen molar-refractivity contribution in [1.82, 2.24) is 19.7 Å². The molecule has 9 heteroatoms. The molecule has 0 bridgehead atoms. The molecule has 0 amide bonds. The number of aliphatic carboxylic acids is 1. The van der Waals surface area contributed by atoms with E-state index in [-0.39, 0.29) is 18.1 Å². The third-order valence-electron chi connectivity index (χ3n) is 2.79. The molecule has 0 aliphatic carbocycles. The first kappa shape index (κ1) is 13.6. The minimum absolute atomic E-state index is 0.148. The van der Waals surface area contributed by atoms with Crippen LogP contribution in [0.4, 0.5) is 5.69 Å². The van der Waals surface area contributed by atoms with Gasteiger partial charge in [0.2, 0.25) is 0 Å². The number of nitrogens with zero attached hydrogens (tertiary/aromatic N) is 5. The zero-order valence-corrected chi connectivity index (χ0v) is 10.8. The fraction of sp³-hybridized carbons (Fsp3) is 0.273. The molecule has 2 rings (SSSR count). The van der Waals surface area contributed by atoms with Crippen molar-refractivity contribution in [1.29, 1.82) is 0 Å². The van der Waals surface area contributed by atoms with Gasteiger partial charge in [-0.25, -0.2) is 14.6 Å². The molecule has 0 saturated heterocycles. The zero-order chi connectivity index (χ0) is 14.9. The first-order valence-corrected chi connectivity index (χ1v) is 5.64. The number of nitro groups is 1. The van der Waals surface area contributed by atoms with Crippen molar-refractivity contribution in [3.05, 3.63) is 39.5 Å². The molecule has 2 aromatic heterocycles. The predicted octanol–water partition coefficient (Wildman–Crippen LogP) is 0.814. The van der Waals surface area contributed by atoms with Crippen LogP contribution in [0.3, 0.4) is 0 Å². The second-order valence-corrected chi connectivity index (χ2v) is 4.13. The average Bonchev–Trinajstić information content (AvgIpc) is 2.66. The van der Waals surface area contributed by atoms with Crippen LogP contribution in [0.5, 0.6) is 0 Å². The molecular weight excluding hydrogens is 266 g/mol. The van der Waals surface area contributed by atoms with E-state index in [0.29, 0.717) is 17.0 Å². The Balaban J connectivity index is 2.43. The maximum atomic E-state index is 10.8. The highest BCUT2D eigenvalue weighted by atomic mass is 16.6. The standard InChI is InChI=1S/C11H11N5O4/c1-6-9(3-10(17)18)7(2)15(14-6)11-12-4-8(5-13-11)16(19)20/h4-5H,3H2,1-2H3,(H,17,18). The summed E-state index contributed by atoms with van der Waals surface area (Å²) in [4.78, 5) is 28.5. The predicted molar refractivity (Wildman–Crippen MR) is 66.6 cm³/mol. The molecule has 0 spiro atoms. The first-order chi connectivity index (χ1) is 9.40. The van der Waals surface area contributed by atoms with Gasteiger partial charge in [0.15, 0.2) is 0 Å². The van der Waals surface area contributed by atoms with Crippen LogP contribution in [0.1, 0.15) is 17.0 Å². The smallest absolute Gasteiger partial charge is 0.307 e. The Morgan fingerprint density at radius 3 is 2.50 bits per heavy atom. The van der Waals surface area contributed by atoms with Crippen LogP contribution in [0, 0.1) is 24.0 Å². The van der Waals surface area contributed by atoms with Crippen LogP contribution in [0.25, 0.3) is 5.95 Å². The molecule has 0 aliphatic heterocycles. The number of carboxylic acid groups (broad SMARTS) is 1. The lowest BCUT2D eigenvalue weighted by Gasteiger charge is -2.02. The van der Waals surface area contributed by atoms with E-state index in [1.54, 1.807) is 13.8 Å². The fourth-order valence-electron chi connectivity index (χ4n) is 1.79. The first-order valence-electron chi connectivity index (χ1n) is 5.64. The summed E-state index contributed by atoms with van der Waals surface area (Å²) in [6.07, 6.45) is 2.01. The number of hydrogen-bond donors (Lipinski definition) is 1. The summed E-state index contributed by atoms with van der Waals surface area (Å²) in [6.45, 7) is 3.39. The van der Waals surface area contributed by atoms with E-state index in [9.17, 15) is 14.9 Å². The number of carbonyl (C=O) groups is 1. The number of rotatable bonds is 4. The van der Waals surface area contributed by atoms with E-state index in [4.69, 9.17) is 5.11 Å². The van der Waals surface area contributed by atoms with Gasteiger partial charge < -0.3 is 5.11 Å². The van der Waals surface area contributed by atoms with Crippen molar-refractivity contribution >= 4 is 11.7 Å². The Morgan fingerprint density at radius 1 is 1.40 bits per heavy atom. The lowest BCUT2D eigenvalue weighted by molar-refractivity contribution is -0.385. The lowest BCUT2D eigenvalue weighted by Crippen LogP contribution is -2.06. The van der Waals surface area contributed by atoms with Crippen LogP contribution < -0.4 is 0 Å². The van der Waals surface area contributed by atoms with Gasteiger partial charge in [0, 0.05) is 11.3 Å². The van der Waals surface area contributed by atoms with Crippen LogP contribution in [-0.2, 0) is 11.2 Å². The molecule has 0 fully saturated rings. The number of carboxylic acids is 1. The van der Waals surface area contributed by atoms with Gasteiger partial charge in [0.25, 0.3) is 5.95 Å². The molecule has 0 unspecified atom stereocenters. The molecule has 2 heterocycles. The van der Waals surface area contributed by atoms with E-state index >= 15 is 0 Å². The molecule has 2 aromatic rings. The quantitative estimate of drug-likeness (QED) is 0.647. The summed E-state index contributed by atoms with van der Waals surface area (Å²) in [5.41, 5.74) is 1.52. The number of aromatic nitrogens is 4. The van der Waals surface area contributed by atoms with Crippen molar-refractivity contribution < 1.29 is 14.8 Å². The Bertz CT molecular complexity index is 677. The summed E-state index contributed by atoms with van der Waals surface area (Å²) in [6, 6.07) is 0. The highest BCUT2D eigenvalue weighted by molar-refractivity contribution is 5.71. The molecule has 20 heavy (non-hydrogen) atoms. The van der Waals surface area contributed by atoms with Gasteiger partial charge in [-0.15, -0.1) is 0 Å². The molecule has 0 aromatic carbocycles. The maximum Gasteiger partial charge on any atom is 0.307 e. The molecule has 0 aliphatic rings. The van der Waals surface area contributed by atoms with Crippen molar-refractivity contribution in [2.75, 3.05) is 0 Å². The van der Waals surface area contributed by atoms with Crippen LogP contribution in [-0.4, -0.2) is 35.7 Å². The van der Waals surface area contributed by atoms with Gasteiger partial charge in [-0.2, -0.15) is 5.10 Å². The van der Waals surface area contributed by atoms with E-state index in [1.807, 2.05) is 0 Å². The second-order valence-electron chi connectivity index (χ2n) is 4.13. The number of aryl methyl sites for hydroxylation is 1. The summed E-state index contributed by atoms with van der Waals surface area (Å²) < 4.78 is 1.37. The van der Waals surface area contributed by atoms with Gasteiger partial charge in [-0.3, -0.25) is 14.9 Å². The SMILES string of the molecule is Cc1nn(-c2ncc([N+](=O)[O-])cn2)c(C)c1CC(=O)O. The molecule has 0 atom stereocenters. The van der Waals surface area contributed by atoms with Gasteiger partial charge >= 0.3 is 11.7 Å². The summed E-state index contributed by atoms with van der Waals surface area (Å²) in [5.74, 6) is -0.798. The monoisotopic (exact) mass is 277 g/mol. The van der Waals surface area contributed by atoms with Crippen LogP contribution >= 0.6 is 0 Å². The molecule has 104 valence electrons. The maximum absolute atomic E-state index is 10.8. The molecular formula is C11H11N5O4.